The molecule has 2 aromatic carbocycles. The number of nitrogens with zero attached hydrogens (tertiary/aromatic N) is 5. The zero-order valence-electron chi connectivity index (χ0n) is 15.8. The van der Waals surface area contributed by atoms with Crippen LogP contribution in [-0.2, 0) is 0 Å². The van der Waals surface area contributed by atoms with E-state index in [1.54, 1.807) is 22.9 Å². The Morgan fingerprint density at radius 3 is 2.90 bits per heavy atom. The van der Waals surface area contributed by atoms with E-state index in [2.05, 4.69) is 27.0 Å². The second-order valence-corrected chi connectivity index (χ2v) is 7.30. The molecule has 0 saturated heterocycles. The Balaban J connectivity index is 1.81. The zero-order valence-corrected chi connectivity index (χ0v) is 16.5. The summed E-state index contributed by atoms with van der Waals surface area (Å²) in [6.07, 6.45) is 1.59. The molecule has 0 spiro atoms. The summed E-state index contributed by atoms with van der Waals surface area (Å²) >= 11 is 6.19. The maximum atomic E-state index is 12.8. The van der Waals surface area contributed by atoms with Crippen molar-refractivity contribution >= 4 is 39.8 Å². The number of hydrogen-bond acceptors (Lipinski definition) is 5. The van der Waals surface area contributed by atoms with Gasteiger partial charge in [-0.05, 0) is 43.3 Å². The summed E-state index contributed by atoms with van der Waals surface area (Å²) < 4.78 is 14.6. The highest BCUT2D eigenvalue weighted by molar-refractivity contribution is 6.31. The highest BCUT2D eigenvalue weighted by Crippen LogP contribution is 2.31. The van der Waals surface area contributed by atoms with Crippen LogP contribution in [0.3, 0.4) is 0 Å². The zero-order chi connectivity index (χ0) is 20.6. The van der Waals surface area contributed by atoms with E-state index < -0.39 is 12.3 Å². The fraction of sp³-hybridized carbons (Fsp3) is 0.190. The van der Waals surface area contributed by atoms with E-state index in [9.17, 15) is 9.50 Å². The minimum Gasteiger partial charge on any atom is -0.375 e. The van der Waals surface area contributed by atoms with E-state index >= 15 is 0 Å². The Hall–Kier alpha value is -3.21. The van der Waals surface area contributed by atoms with Gasteiger partial charge in [-0.2, -0.15) is 4.98 Å². The minimum atomic E-state index is -1.67. The lowest BCUT2D eigenvalue weighted by atomic mass is 10.1. The van der Waals surface area contributed by atoms with Crippen LogP contribution in [0.4, 0.5) is 15.9 Å². The van der Waals surface area contributed by atoms with Gasteiger partial charge in [-0.25, -0.2) is 4.39 Å². The number of rotatable bonds is 3. The van der Waals surface area contributed by atoms with Gasteiger partial charge in [0.25, 0.3) is 5.78 Å². The average Bonchev–Trinajstić information content (AvgIpc) is 3.20. The molecular formula is C21H17ClFN5O. The highest BCUT2D eigenvalue weighted by Gasteiger charge is 2.17. The van der Waals surface area contributed by atoms with Crippen LogP contribution in [0.25, 0.3) is 16.7 Å². The summed E-state index contributed by atoms with van der Waals surface area (Å²) in [5, 5.41) is 19.2. The van der Waals surface area contributed by atoms with Crippen molar-refractivity contribution in [1.82, 2.24) is 19.6 Å². The van der Waals surface area contributed by atoms with E-state index in [1.807, 2.05) is 42.3 Å². The standard InChI is InChI=1S/C21H17ClFN5O/c1-21(29,12-23)9-8-14-4-3-5-16(10-14)27(2)19-17-7-6-15(22)11-18(17)28-13-24-26-20(28)25-19/h3-7,10-11,13,29H,12H2,1-2H3/t21-/m0/s1. The van der Waals surface area contributed by atoms with Gasteiger partial charge in [-0.3, -0.25) is 4.40 Å². The first kappa shape index (κ1) is 19.1. The number of anilines is 2. The lowest BCUT2D eigenvalue weighted by Crippen LogP contribution is -2.23. The molecular weight excluding hydrogens is 393 g/mol. The van der Waals surface area contributed by atoms with Crippen molar-refractivity contribution in [2.24, 2.45) is 0 Å². The fourth-order valence-electron chi connectivity index (χ4n) is 2.93. The summed E-state index contributed by atoms with van der Waals surface area (Å²) in [7, 11) is 1.88. The van der Waals surface area contributed by atoms with Gasteiger partial charge in [0.1, 0.15) is 18.8 Å². The molecule has 0 aliphatic rings. The van der Waals surface area contributed by atoms with Crippen molar-refractivity contribution in [3.05, 3.63) is 59.4 Å². The molecule has 6 nitrogen and oxygen atoms in total. The molecule has 0 aliphatic heterocycles. The summed E-state index contributed by atoms with van der Waals surface area (Å²) in [6.45, 7) is 0.404. The smallest absolute Gasteiger partial charge is 0.257 e. The van der Waals surface area contributed by atoms with Crippen LogP contribution in [0.5, 0.6) is 0 Å². The van der Waals surface area contributed by atoms with Crippen LogP contribution < -0.4 is 4.90 Å². The van der Waals surface area contributed by atoms with E-state index in [1.165, 1.54) is 6.92 Å². The Labute approximate surface area is 171 Å². The van der Waals surface area contributed by atoms with Crippen LogP contribution >= 0.6 is 11.6 Å². The number of benzene rings is 2. The highest BCUT2D eigenvalue weighted by atomic mass is 35.5. The van der Waals surface area contributed by atoms with Gasteiger partial charge in [-0.1, -0.05) is 29.5 Å². The van der Waals surface area contributed by atoms with Gasteiger partial charge in [0.05, 0.1) is 5.52 Å². The van der Waals surface area contributed by atoms with Gasteiger partial charge in [0.2, 0.25) is 0 Å². The molecule has 2 aromatic heterocycles. The van der Waals surface area contributed by atoms with Crippen molar-refractivity contribution in [3.63, 3.8) is 0 Å². The molecule has 8 heteroatoms. The Bertz CT molecular complexity index is 1270. The molecule has 0 aliphatic carbocycles. The Morgan fingerprint density at radius 2 is 2.10 bits per heavy atom. The maximum absolute atomic E-state index is 12.8. The second-order valence-electron chi connectivity index (χ2n) is 6.86. The van der Waals surface area contributed by atoms with E-state index in [0.717, 1.165) is 16.6 Å². The lowest BCUT2D eigenvalue weighted by Gasteiger charge is -2.21. The normalized spacial score (nSPS) is 13.1. The van der Waals surface area contributed by atoms with Crippen molar-refractivity contribution in [2.75, 3.05) is 18.6 Å². The first-order valence-electron chi connectivity index (χ1n) is 8.82. The molecule has 0 amide bonds. The van der Waals surface area contributed by atoms with Gasteiger partial charge in [-0.15, -0.1) is 10.2 Å². The first-order valence-corrected chi connectivity index (χ1v) is 9.20. The van der Waals surface area contributed by atoms with Gasteiger partial charge in [0, 0.05) is 28.7 Å². The van der Waals surface area contributed by atoms with Crippen LogP contribution in [0.1, 0.15) is 12.5 Å². The van der Waals surface area contributed by atoms with Crippen LogP contribution in [0, 0.1) is 11.8 Å². The Kier molecular flexibility index (Phi) is 4.82. The van der Waals surface area contributed by atoms with Crippen LogP contribution in [0.2, 0.25) is 5.02 Å². The summed E-state index contributed by atoms with van der Waals surface area (Å²) in [5.74, 6) is 6.50. The predicted molar refractivity (Wildman–Crippen MR) is 111 cm³/mol. The van der Waals surface area contributed by atoms with Crippen molar-refractivity contribution in [1.29, 1.82) is 0 Å². The molecule has 4 aromatic rings. The van der Waals surface area contributed by atoms with Crippen LogP contribution in [0.15, 0.2) is 48.8 Å². The monoisotopic (exact) mass is 409 g/mol. The molecule has 1 N–H and O–H groups in total. The van der Waals surface area contributed by atoms with Gasteiger partial charge in [0.15, 0.2) is 5.60 Å². The quantitative estimate of drug-likeness (QED) is 0.522. The number of alkyl halides is 1. The molecule has 0 fully saturated rings. The molecule has 4 rings (SSSR count). The molecule has 0 unspecified atom stereocenters. The summed E-state index contributed by atoms with van der Waals surface area (Å²) in [6, 6.07) is 12.9. The fourth-order valence-corrected chi connectivity index (χ4v) is 3.10. The maximum Gasteiger partial charge on any atom is 0.257 e. The molecule has 0 bridgehead atoms. The predicted octanol–water partition coefficient (Wildman–Crippen LogP) is 3.77. The van der Waals surface area contributed by atoms with Gasteiger partial charge >= 0.3 is 0 Å². The summed E-state index contributed by atoms with van der Waals surface area (Å²) in [4.78, 5) is 6.55. The minimum absolute atomic E-state index is 0.455. The lowest BCUT2D eigenvalue weighted by molar-refractivity contribution is 0.0905. The van der Waals surface area contributed by atoms with E-state index in [0.29, 0.717) is 22.2 Å². The molecule has 0 radical (unpaired) electrons. The molecule has 0 saturated carbocycles. The molecule has 29 heavy (non-hydrogen) atoms. The Morgan fingerprint density at radius 1 is 1.28 bits per heavy atom. The first-order chi connectivity index (χ1) is 13.9. The number of hydrogen-bond donors (Lipinski definition) is 1. The second kappa shape index (κ2) is 7.32. The van der Waals surface area contributed by atoms with Crippen molar-refractivity contribution < 1.29 is 9.50 Å². The number of halogens is 2. The largest absolute Gasteiger partial charge is 0.375 e. The van der Waals surface area contributed by atoms with Gasteiger partial charge < -0.3 is 10.0 Å². The third kappa shape index (κ3) is 3.73. The molecule has 1 atom stereocenters. The topological polar surface area (TPSA) is 66.5 Å². The third-order valence-electron chi connectivity index (χ3n) is 4.48. The average molecular weight is 410 g/mol. The summed E-state index contributed by atoms with van der Waals surface area (Å²) in [5.41, 5.74) is 0.644. The van der Waals surface area contributed by atoms with Crippen LogP contribution in [-0.4, -0.2) is 44.0 Å². The van der Waals surface area contributed by atoms with Crippen molar-refractivity contribution in [2.45, 2.75) is 12.5 Å². The third-order valence-corrected chi connectivity index (χ3v) is 4.72. The number of fused-ring (bicyclic) bond motifs is 3. The molecule has 2 heterocycles. The number of aliphatic hydroxyl groups is 1. The van der Waals surface area contributed by atoms with E-state index in [4.69, 9.17) is 11.6 Å². The SMILES string of the molecule is CN(c1cccc(C#C[C@](C)(O)CF)c1)c1nc2nncn2c2cc(Cl)ccc12. The molecule has 146 valence electrons. The van der Waals surface area contributed by atoms with E-state index in [-0.39, 0.29) is 0 Å². The number of aromatic nitrogens is 4. The van der Waals surface area contributed by atoms with Crippen molar-refractivity contribution in [3.8, 4) is 11.8 Å².